The van der Waals surface area contributed by atoms with Crippen LogP contribution in [0.15, 0.2) is 72.9 Å². The molecule has 0 N–H and O–H groups in total. The Morgan fingerprint density at radius 2 is 0.506 bits per heavy atom. The van der Waals surface area contributed by atoms with Crippen LogP contribution in [0.3, 0.4) is 0 Å². The van der Waals surface area contributed by atoms with Crippen LogP contribution in [0, 0.1) is 0 Å². The maximum Gasteiger partial charge on any atom is 0.306 e. The summed E-state index contributed by atoms with van der Waals surface area (Å²) in [5.41, 5.74) is 0. The second kappa shape index (κ2) is 65.4. The Hall–Kier alpha value is -3.15. The maximum absolute atomic E-state index is 12.9. The number of unbranched alkanes of at least 4 members (excludes halogenated alkanes) is 38. The van der Waals surface area contributed by atoms with Crippen LogP contribution >= 0.6 is 0 Å². The van der Waals surface area contributed by atoms with Crippen molar-refractivity contribution >= 4 is 17.9 Å². The first-order valence-electron chi connectivity index (χ1n) is 33.4. The Morgan fingerprint density at radius 3 is 0.792 bits per heavy atom. The van der Waals surface area contributed by atoms with Crippen LogP contribution in [0.4, 0.5) is 0 Å². The third-order valence-electron chi connectivity index (χ3n) is 14.7. The summed E-state index contributed by atoms with van der Waals surface area (Å²) in [5, 5.41) is 0. The van der Waals surface area contributed by atoms with Gasteiger partial charge in [0.25, 0.3) is 0 Å². The van der Waals surface area contributed by atoms with E-state index in [1.807, 2.05) is 0 Å². The molecular weight excluding hydrogens is 949 g/mol. The molecule has 1 unspecified atom stereocenters. The average molecular weight is 1080 g/mol. The number of carbonyl (C=O) groups is 3. The van der Waals surface area contributed by atoms with Crippen molar-refractivity contribution in [3.05, 3.63) is 72.9 Å². The molecular formula is C71H126O6. The van der Waals surface area contributed by atoms with Crippen LogP contribution in [0.1, 0.15) is 342 Å². The van der Waals surface area contributed by atoms with E-state index in [1.54, 1.807) is 0 Å². The van der Waals surface area contributed by atoms with Crippen LogP contribution in [0.5, 0.6) is 0 Å². The van der Waals surface area contributed by atoms with Gasteiger partial charge in [-0.25, -0.2) is 0 Å². The van der Waals surface area contributed by atoms with Crippen LogP contribution in [0.25, 0.3) is 0 Å². The zero-order valence-electron chi connectivity index (χ0n) is 51.2. The van der Waals surface area contributed by atoms with Crippen LogP contribution < -0.4 is 0 Å². The number of hydrogen-bond acceptors (Lipinski definition) is 6. The average Bonchev–Trinajstić information content (AvgIpc) is 3.43. The van der Waals surface area contributed by atoms with Crippen molar-refractivity contribution in [1.29, 1.82) is 0 Å². The lowest BCUT2D eigenvalue weighted by Gasteiger charge is -2.18. The fourth-order valence-corrected chi connectivity index (χ4v) is 9.74. The highest BCUT2D eigenvalue weighted by molar-refractivity contribution is 5.71. The standard InChI is InChI=1S/C71H126O6/c1-4-7-10-13-16-19-21-23-25-27-29-31-32-33-34-35-36-37-38-39-40-41-43-44-46-48-50-52-55-58-61-64-70(73)76-67-68(66-75-69(72)63-60-57-54-18-15-12-9-6-3)77-71(74)65-62-59-56-53-51-49-47-45-42-30-28-26-24-22-20-17-14-11-8-5-2/h7,10,16,19,23,25,29,31,33-34,36-37,68H,4-6,8-9,11-15,17-18,20-22,24,26-28,30,32,35,38-67H2,1-3H3/b10-7-,19-16-,25-23-,31-29-,34-33-,37-36-. The smallest absolute Gasteiger partial charge is 0.306 e. The number of hydrogen-bond donors (Lipinski definition) is 0. The molecule has 0 amide bonds. The lowest BCUT2D eigenvalue weighted by Crippen LogP contribution is -2.30. The van der Waals surface area contributed by atoms with Crippen molar-refractivity contribution in [2.45, 2.75) is 348 Å². The third-order valence-corrected chi connectivity index (χ3v) is 14.7. The van der Waals surface area contributed by atoms with E-state index in [-0.39, 0.29) is 31.1 Å². The van der Waals surface area contributed by atoms with E-state index >= 15 is 0 Å². The second-order valence-corrected chi connectivity index (χ2v) is 22.4. The highest BCUT2D eigenvalue weighted by Gasteiger charge is 2.19. The Labute approximate surface area is 478 Å². The SMILES string of the molecule is CC/C=C\C/C=C\C/C=C\C/C=C\C/C=C\C/C=C\CCCCCCCCCCCCCCC(=O)OCC(COC(=O)CCCCCCCCCC)OC(=O)CCCCCCCCCCCCCCCCCCCCCC. The molecule has 0 aliphatic heterocycles. The van der Waals surface area contributed by atoms with Gasteiger partial charge < -0.3 is 14.2 Å². The van der Waals surface area contributed by atoms with Crippen LogP contribution in [-0.2, 0) is 28.6 Å². The Bertz CT molecular complexity index is 1420. The topological polar surface area (TPSA) is 78.9 Å². The molecule has 0 aromatic heterocycles. The number of allylic oxidation sites excluding steroid dienone is 12. The molecule has 6 nitrogen and oxygen atoms in total. The Kier molecular flexibility index (Phi) is 62.7. The molecule has 0 rings (SSSR count). The minimum absolute atomic E-state index is 0.0702. The summed E-state index contributed by atoms with van der Waals surface area (Å²) in [7, 11) is 0. The molecule has 0 saturated heterocycles. The van der Waals surface area contributed by atoms with Crippen molar-refractivity contribution in [1.82, 2.24) is 0 Å². The fraction of sp³-hybridized carbons (Fsp3) is 0.789. The summed E-state index contributed by atoms with van der Waals surface area (Å²) in [4.78, 5) is 38.2. The second-order valence-electron chi connectivity index (χ2n) is 22.4. The van der Waals surface area contributed by atoms with E-state index in [1.165, 1.54) is 205 Å². The van der Waals surface area contributed by atoms with Crippen molar-refractivity contribution in [2.75, 3.05) is 13.2 Å². The molecule has 0 aromatic carbocycles. The summed E-state index contributed by atoms with van der Waals surface area (Å²) in [6, 6.07) is 0. The Balaban J connectivity index is 4.11. The lowest BCUT2D eigenvalue weighted by molar-refractivity contribution is -0.167. The van der Waals surface area contributed by atoms with Gasteiger partial charge >= 0.3 is 17.9 Å². The van der Waals surface area contributed by atoms with E-state index < -0.39 is 6.10 Å². The summed E-state index contributed by atoms with van der Waals surface area (Å²) in [6.45, 7) is 6.54. The zero-order valence-corrected chi connectivity index (χ0v) is 51.2. The van der Waals surface area contributed by atoms with Gasteiger partial charge in [-0.3, -0.25) is 14.4 Å². The molecule has 0 radical (unpaired) electrons. The van der Waals surface area contributed by atoms with Gasteiger partial charge in [-0.2, -0.15) is 0 Å². The fourth-order valence-electron chi connectivity index (χ4n) is 9.74. The monoisotopic (exact) mass is 1070 g/mol. The molecule has 0 bridgehead atoms. The molecule has 0 fully saturated rings. The molecule has 77 heavy (non-hydrogen) atoms. The molecule has 0 saturated carbocycles. The number of ether oxygens (including phenoxy) is 3. The zero-order chi connectivity index (χ0) is 55.7. The summed E-state index contributed by atoms with van der Waals surface area (Å²) < 4.78 is 16.9. The summed E-state index contributed by atoms with van der Waals surface area (Å²) >= 11 is 0. The van der Waals surface area contributed by atoms with Gasteiger partial charge in [-0.1, -0.05) is 325 Å². The summed E-state index contributed by atoms with van der Waals surface area (Å²) in [5.74, 6) is -0.858. The maximum atomic E-state index is 12.9. The van der Waals surface area contributed by atoms with Crippen molar-refractivity contribution in [3.8, 4) is 0 Å². The molecule has 0 spiro atoms. The molecule has 0 aliphatic carbocycles. The third kappa shape index (κ3) is 63.6. The van der Waals surface area contributed by atoms with Crippen LogP contribution in [0.2, 0.25) is 0 Å². The molecule has 0 aliphatic rings. The number of carbonyl (C=O) groups excluding carboxylic acids is 3. The Morgan fingerprint density at radius 1 is 0.273 bits per heavy atom. The summed E-state index contributed by atoms with van der Waals surface area (Å²) in [6.07, 6.45) is 85.1. The van der Waals surface area contributed by atoms with E-state index in [4.69, 9.17) is 14.2 Å². The normalized spacial score (nSPS) is 12.5. The van der Waals surface area contributed by atoms with Gasteiger partial charge in [0.05, 0.1) is 0 Å². The van der Waals surface area contributed by atoms with E-state index in [0.717, 1.165) is 96.3 Å². The first kappa shape index (κ1) is 73.8. The van der Waals surface area contributed by atoms with Crippen molar-refractivity contribution < 1.29 is 28.6 Å². The first-order chi connectivity index (χ1) is 38.0. The highest BCUT2D eigenvalue weighted by atomic mass is 16.6. The van der Waals surface area contributed by atoms with E-state index in [2.05, 4.69) is 93.7 Å². The molecule has 0 aromatic rings. The first-order valence-corrected chi connectivity index (χ1v) is 33.4. The van der Waals surface area contributed by atoms with Gasteiger partial charge in [0.1, 0.15) is 13.2 Å². The molecule has 0 heterocycles. The van der Waals surface area contributed by atoms with Gasteiger partial charge in [0.2, 0.25) is 0 Å². The van der Waals surface area contributed by atoms with Gasteiger partial charge in [0, 0.05) is 19.3 Å². The number of rotatable bonds is 61. The van der Waals surface area contributed by atoms with Gasteiger partial charge in [-0.15, -0.1) is 0 Å². The van der Waals surface area contributed by atoms with Crippen molar-refractivity contribution in [3.63, 3.8) is 0 Å². The molecule has 446 valence electrons. The predicted octanol–water partition coefficient (Wildman–Crippen LogP) is 22.9. The van der Waals surface area contributed by atoms with Crippen LogP contribution in [-0.4, -0.2) is 37.2 Å². The van der Waals surface area contributed by atoms with Gasteiger partial charge in [-0.05, 0) is 70.6 Å². The van der Waals surface area contributed by atoms with Gasteiger partial charge in [0.15, 0.2) is 6.10 Å². The van der Waals surface area contributed by atoms with E-state index in [0.29, 0.717) is 19.3 Å². The van der Waals surface area contributed by atoms with Crippen molar-refractivity contribution in [2.24, 2.45) is 0 Å². The quantitative estimate of drug-likeness (QED) is 0.0261. The molecule has 6 heteroatoms. The minimum atomic E-state index is -0.771. The van der Waals surface area contributed by atoms with E-state index in [9.17, 15) is 14.4 Å². The minimum Gasteiger partial charge on any atom is -0.462 e. The predicted molar refractivity (Wildman–Crippen MR) is 335 cm³/mol. The largest absolute Gasteiger partial charge is 0.462 e. The highest BCUT2D eigenvalue weighted by Crippen LogP contribution is 2.18. The molecule has 1 atom stereocenters. The number of esters is 3. The lowest BCUT2D eigenvalue weighted by atomic mass is 10.0.